The molecule has 0 bridgehead atoms. The van der Waals surface area contributed by atoms with E-state index in [-0.39, 0.29) is 0 Å². The van der Waals surface area contributed by atoms with E-state index in [9.17, 15) is 5.11 Å². The van der Waals surface area contributed by atoms with Crippen LogP contribution in [0.1, 0.15) is 43.9 Å². The topological polar surface area (TPSA) is 46.2 Å². The second kappa shape index (κ2) is 3.79. The van der Waals surface area contributed by atoms with E-state index in [1.807, 2.05) is 18.2 Å². The number of hydrogen-bond donors (Lipinski definition) is 2. The van der Waals surface area contributed by atoms with Crippen molar-refractivity contribution in [2.45, 2.75) is 32.8 Å². The van der Waals surface area contributed by atoms with Crippen LogP contribution in [0.4, 0.5) is 5.69 Å². The Morgan fingerprint density at radius 3 is 2.31 bits per heavy atom. The molecule has 0 fully saturated rings. The van der Waals surface area contributed by atoms with Crippen molar-refractivity contribution in [2.24, 2.45) is 0 Å². The second-order valence-electron chi connectivity index (χ2n) is 3.72. The van der Waals surface area contributed by atoms with Crippen LogP contribution < -0.4 is 5.73 Å². The minimum atomic E-state index is -0.487. The Bertz CT molecular complexity index is 292. The molecule has 72 valence electrons. The van der Waals surface area contributed by atoms with Crippen LogP contribution in [0.2, 0.25) is 0 Å². The van der Waals surface area contributed by atoms with Gasteiger partial charge in [-0.05, 0) is 24.5 Å². The van der Waals surface area contributed by atoms with Gasteiger partial charge in [0.25, 0.3) is 0 Å². The Morgan fingerprint density at radius 1 is 1.23 bits per heavy atom. The van der Waals surface area contributed by atoms with Gasteiger partial charge in [0, 0.05) is 11.3 Å². The van der Waals surface area contributed by atoms with Crippen molar-refractivity contribution in [3.05, 3.63) is 29.3 Å². The first-order valence-corrected chi connectivity index (χ1v) is 4.59. The molecule has 2 nitrogen and oxygen atoms in total. The Labute approximate surface area is 79.4 Å². The fraction of sp³-hybridized carbons (Fsp3) is 0.455. The third kappa shape index (κ3) is 2.22. The molecule has 0 spiro atoms. The third-order valence-electron chi connectivity index (χ3n) is 2.23. The Balaban J connectivity index is 3.11. The summed E-state index contributed by atoms with van der Waals surface area (Å²) in [7, 11) is 0. The summed E-state index contributed by atoms with van der Waals surface area (Å²) in [6, 6.07) is 5.84. The second-order valence-corrected chi connectivity index (χ2v) is 3.72. The normalized spacial score (nSPS) is 13.3. The molecule has 1 rings (SSSR count). The number of aliphatic hydroxyl groups is 1. The van der Waals surface area contributed by atoms with E-state index in [4.69, 9.17) is 5.73 Å². The number of benzene rings is 1. The molecule has 0 heterocycles. The number of aliphatic hydroxyl groups excluding tert-OH is 1. The molecule has 2 heteroatoms. The van der Waals surface area contributed by atoms with E-state index in [0.29, 0.717) is 11.6 Å². The van der Waals surface area contributed by atoms with Gasteiger partial charge in [-0.15, -0.1) is 0 Å². The van der Waals surface area contributed by atoms with Crippen molar-refractivity contribution in [2.75, 3.05) is 5.73 Å². The monoisotopic (exact) mass is 179 g/mol. The van der Waals surface area contributed by atoms with Crippen LogP contribution in [0.15, 0.2) is 18.2 Å². The maximum Gasteiger partial charge on any atom is 0.0781 e. The van der Waals surface area contributed by atoms with E-state index in [1.54, 1.807) is 6.92 Å². The molecule has 0 aromatic heterocycles. The van der Waals surface area contributed by atoms with Gasteiger partial charge >= 0.3 is 0 Å². The van der Waals surface area contributed by atoms with Gasteiger partial charge in [0.2, 0.25) is 0 Å². The molecule has 0 aliphatic heterocycles. The molecule has 1 atom stereocenters. The third-order valence-corrected chi connectivity index (χ3v) is 2.23. The van der Waals surface area contributed by atoms with Gasteiger partial charge in [-0.3, -0.25) is 0 Å². The molecule has 13 heavy (non-hydrogen) atoms. The van der Waals surface area contributed by atoms with E-state index in [1.165, 1.54) is 5.56 Å². The zero-order valence-electron chi connectivity index (χ0n) is 8.41. The molecule has 1 unspecified atom stereocenters. The van der Waals surface area contributed by atoms with Gasteiger partial charge in [0.15, 0.2) is 0 Å². The maximum absolute atomic E-state index is 9.43. The van der Waals surface area contributed by atoms with Crippen molar-refractivity contribution >= 4 is 5.69 Å². The highest BCUT2D eigenvalue weighted by molar-refractivity contribution is 5.50. The van der Waals surface area contributed by atoms with Crippen LogP contribution in [-0.4, -0.2) is 5.11 Å². The average Bonchev–Trinajstić information content (AvgIpc) is 2.04. The molecule has 0 radical (unpaired) electrons. The largest absolute Gasteiger partial charge is 0.398 e. The lowest BCUT2D eigenvalue weighted by Gasteiger charge is -2.12. The van der Waals surface area contributed by atoms with Crippen LogP contribution in [0.3, 0.4) is 0 Å². The summed E-state index contributed by atoms with van der Waals surface area (Å²) >= 11 is 0. The molecule has 0 saturated carbocycles. The lowest BCUT2D eigenvalue weighted by atomic mass is 9.98. The van der Waals surface area contributed by atoms with E-state index in [2.05, 4.69) is 13.8 Å². The Kier molecular flexibility index (Phi) is 2.94. The number of nitrogen functional groups attached to an aromatic ring is 1. The number of nitrogens with two attached hydrogens (primary N) is 1. The van der Waals surface area contributed by atoms with Gasteiger partial charge in [-0.1, -0.05) is 26.0 Å². The van der Waals surface area contributed by atoms with Gasteiger partial charge < -0.3 is 10.8 Å². The predicted octanol–water partition coefficient (Wildman–Crippen LogP) is 2.45. The van der Waals surface area contributed by atoms with Crippen LogP contribution in [-0.2, 0) is 0 Å². The van der Waals surface area contributed by atoms with Crippen LogP contribution in [0.25, 0.3) is 0 Å². The van der Waals surface area contributed by atoms with Gasteiger partial charge in [-0.2, -0.15) is 0 Å². The Hall–Kier alpha value is -1.02. The molecular weight excluding hydrogens is 162 g/mol. The lowest BCUT2D eigenvalue weighted by molar-refractivity contribution is 0.200. The molecule has 1 aromatic rings. The molecular formula is C11H17NO. The summed E-state index contributed by atoms with van der Waals surface area (Å²) in [5.74, 6) is 0.470. The predicted molar refractivity (Wildman–Crippen MR) is 55.6 cm³/mol. The maximum atomic E-state index is 9.43. The van der Waals surface area contributed by atoms with E-state index < -0.39 is 6.10 Å². The van der Waals surface area contributed by atoms with Crippen LogP contribution >= 0.6 is 0 Å². The quantitative estimate of drug-likeness (QED) is 0.685. The summed E-state index contributed by atoms with van der Waals surface area (Å²) < 4.78 is 0. The molecule has 0 aliphatic carbocycles. The molecule has 0 aliphatic rings. The Morgan fingerprint density at radius 2 is 1.85 bits per heavy atom. The van der Waals surface area contributed by atoms with Crippen LogP contribution in [0.5, 0.6) is 0 Å². The first kappa shape index (κ1) is 10.1. The number of hydrogen-bond acceptors (Lipinski definition) is 2. The molecule has 3 N–H and O–H groups in total. The summed E-state index contributed by atoms with van der Waals surface area (Å²) in [5, 5.41) is 9.43. The van der Waals surface area contributed by atoms with E-state index >= 15 is 0 Å². The summed E-state index contributed by atoms with van der Waals surface area (Å²) in [5.41, 5.74) is 8.43. The van der Waals surface area contributed by atoms with Gasteiger partial charge in [0.1, 0.15) is 0 Å². The lowest BCUT2D eigenvalue weighted by Crippen LogP contribution is -2.00. The first-order chi connectivity index (χ1) is 6.02. The van der Waals surface area contributed by atoms with Crippen molar-refractivity contribution in [1.29, 1.82) is 0 Å². The van der Waals surface area contributed by atoms with Crippen molar-refractivity contribution in [3.8, 4) is 0 Å². The van der Waals surface area contributed by atoms with Gasteiger partial charge in [0.05, 0.1) is 6.10 Å². The standard InChI is InChI=1S/C11H17NO/c1-7(2)9-4-5-11(12)10(6-9)8(3)13/h4-8,13H,12H2,1-3H3. The zero-order valence-corrected chi connectivity index (χ0v) is 8.41. The summed E-state index contributed by atoms with van der Waals surface area (Å²) in [6.07, 6.45) is -0.487. The minimum Gasteiger partial charge on any atom is -0.398 e. The molecule has 1 aromatic carbocycles. The number of rotatable bonds is 2. The fourth-order valence-corrected chi connectivity index (χ4v) is 1.31. The summed E-state index contributed by atoms with van der Waals surface area (Å²) in [4.78, 5) is 0. The van der Waals surface area contributed by atoms with Crippen molar-refractivity contribution in [3.63, 3.8) is 0 Å². The van der Waals surface area contributed by atoms with Crippen molar-refractivity contribution < 1.29 is 5.11 Å². The molecule has 0 amide bonds. The number of anilines is 1. The van der Waals surface area contributed by atoms with Crippen LogP contribution in [0, 0.1) is 0 Å². The minimum absolute atomic E-state index is 0.470. The first-order valence-electron chi connectivity index (χ1n) is 4.59. The van der Waals surface area contributed by atoms with E-state index in [0.717, 1.165) is 5.56 Å². The SMILES string of the molecule is CC(C)c1ccc(N)c(C(C)O)c1. The highest BCUT2D eigenvalue weighted by Crippen LogP contribution is 2.24. The average molecular weight is 179 g/mol. The summed E-state index contributed by atoms with van der Waals surface area (Å²) in [6.45, 7) is 5.98. The highest BCUT2D eigenvalue weighted by Gasteiger charge is 2.07. The van der Waals surface area contributed by atoms with Gasteiger partial charge in [-0.25, -0.2) is 0 Å². The fourth-order valence-electron chi connectivity index (χ4n) is 1.31. The highest BCUT2D eigenvalue weighted by atomic mass is 16.3. The molecule has 0 saturated heterocycles. The zero-order chi connectivity index (χ0) is 10.0. The smallest absolute Gasteiger partial charge is 0.0781 e. The van der Waals surface area contributed by atoms with Crippen molar-refractivity contribution in [1.82, 2.24) is 0 Å².